The Kier molecular flexibility index (Phi) is 6.67. The molecule has 10 rings (SSSR count). The molecular weight excluding hydrogens is 605 g/mol. The summed E-state index contributed by atoms with van der Waals surface area (Å²) in [5.74, 6) is 0. The molecule has 0 saturated carbocycles. The third-order valence-corrected chi connectivity index (χ3v) is 10.4. The zero-order valence-corrected chi connectivity index (χ0v) is 27.6. The number of fused-ring (bicyclic) bond motifs is 7. The summed E-state index contributed by atoms with van der Waals surface area (Å²) in [6.45, 7) is 0. The van der Waals surface area contributed by atoms with Gasteiger partial charge in [-0.15, -0.1) is 0 Å². The van der Waals surface area contributed by atoms with E-state index in [-0.39, 0.29) is 0 Å². The molecular formula is C48H34N2. The lowest BCUT2D eigenvalue weighted by Crippen LogP contribution is -2.00. The molecule has 0 N–H and O–H groups in total. The number of hydrogen-bond acceptors (Lipinski definition) is 0. The van der Waals surface area contributed by atoms with Crippen LogP contribution in [-0.4, -0.2) is 9.13 Å². The second-order valence-electron chi connectivity index (χ2n) is 13.3. The summed E-state index contributed by atoms with van der Waals surface area (Å²) < 4.78 is 4.94. The molecule has 7 aromatic carbocycles. The third kappa shape index (κ3) is 4.57. The van der Waals surface area contributed by atoms with Crippen molar-refractivity contribution in [1.82, 2.24) is 9.13 Å². The van der Waals surface area contributed by atoms with Gasteiger partial charge >= 0.3 is 0 Å². The van der Waals surface area contributed by atoms with Gasteiger partial charge in [0.1, 0.15) is 0 Å². The van der Waals surface area contributed by atoms with E-state index in [9.17, 15) is 0 Å². The Hall–Kier alpha value is -6.38. The molecule has 0 amide bonds. The van der Waals surface area contributed by atoms with Gasteiger partial charge in [0.25, 0.3) is 0 Å². The van der Waals surface area contributed by atoms with Crippen molar-refractivity contribution in [2.24, 2.45) is 0 Å². The van der Waals surface area contributed by atoms with Gasteiger partial charge in [0, 0.05) is 33.2 Å². The summed E-state index contributed by atoms with van der Waals surface area (Å²) in [5.41, 5.74) is 16.2. The van der Waals surface area contributed by atoms with Crippen molar-refractivity contribution < 1.29 is 0 Å². The summed E-state index contributed by atoms with van der Waals surface area (Å²) in [5, 5.41) is 3.99. The average Bonchev–Trinajstić information content (AvgIpc) is 3.71. The fraction of sp³-hybridized carbons (Fsp3) is 0.0417. The molecule has 0 atom stereocenters. The van der Waals surface area contributed by atoms with E-state index in [0.29, 0.717) is 0 Å². The lowest BCUT2D eigenvalue weighted by atomic mass is 9.96. The Bertz CT molecular complexity index is 2710. The van der Waals surface area contributed by atoms with Crippen LogP contribution < -0.4 is 0 Å². The number of aromatic nitrogens is 2. The number of hydrogen-bond donors (Lipinski definition) is 0. The summed E-state index contributed by atoms with van der Waals surface area (Å²) in [7, 11) is 0. The molecule has 1 aliphatic rings. The van der Waals surface area contributed by atoms with E-state index in [4.69, 9.17) is 0 Å². The van der Waals surface area contributed by atoms with E-state index in [1.165, 1.54) is 88.7 Å². The van der Waals surface area contributed by atoms with Gasteiger partial charge in [-0.3, -0.25) is 0 Å². The van der Waals surface area contributed by atoms with Crippen LogP contribution in [0.3, 0.4) is 0 Å². The van der Waals surface area contributed by atoms with Gasteiger partial charge < -0.3 is 9.13 Å². The third-order valence-electron chi connectivity index (χ3n) is 10.4. The Morgan fingerprint density at radius 3 is 1.62 bits per heavy atom. The first-order chi connectivity index (χ1) is 24.8. The lowest BCUT2D eigenvalue weighted by molar-refractivity contribution is 0.968. The summed E-state index contributed by atoms with van der Waals surface area (Å²) in [6.07, 6.45) is 6.74. The molecule has 2 nitrogen and oxygen atoms in total. The Balaban J connectivity index is 1.21. The van der Waals surface area contributed by atoms with Crippen LogP contribution in [0.4, 0.5) is 0 Å². The van der Waals surface area contributed by atoms with Crippen LogP contribution in [0.15, 0.2) is 176 Å². The first-order valence-electron chi connectivity index (χ1n) is 17.5. The van der Waals surface area contributed by atoms with E-state index >= 15 is 0 Å². The Labute approximate surface area is 291 Å². The highest BCUT2D eigenvalue weighted by molar-refractivity contribution is 6.23. The number of nitrogens with zero attached hydrogens (tertiary/aromatic N) is 2. The van der Waals surface area contributed by atoms with Crippen LogP contribution in [-0.2, 0) is 6.42 Å². The van der Waals surface area contributed by atoms with E-state index in [2.05, 4.69) is 191 Å². The van der Waals surface area contributed by atoms with Crippen LogP contribution >= 0.6 is 0 Å². The van der Waals surface area contributed by atoms with Crippen molar-refractivity contribution >= 4 is 38.8 Å². The van der Waals surface area contributed by atoms with Gasteiger partial charge in [-0.2, -0.15) is 0 Å². The molecule has 2 heteroatoms. The zero-order valence-electron chi connectivity index (χ0n) is 27.6. The molecule has 0 spiro atoms. The minimum atomic E-state index is 1.02. The van der Waals surface area contributed by atoms with E-state index in [1.54, 1.807) is 0 Å². The minimum absolute atomic E-state index is 1.02. The molecule has 1 aliphatic carbocycles. The maximum Gasteiger partial charge on any atom is 0.0548 e. The number of benzene rings is 7. The fourth-order valence-electron chi connectivity index (χ4n) is 8.09. The van der Waals surface area contributed by atoms with Crippen LogP contribution in [0, 0.1) is 0 Å². The maximum absolute atomic E-state index is 2.49. The topological polar surface area (TPSA) is 9.86 Å². The molecule has 0 bridgehead atoms. The van der Waals surface area contributed by atoms with Crippen molar-refractivity contribution in [3.05, 3.63) is 187 Å². The quantitative estimate of drug-likeness (QED) is 0.178. The Morgan fingerprint density at radius 1 is 0.380 bits per heavy atom. The number of para-hydroxylation sites is 1. The fourth-order valence-corrected chi connectivity index (χ4v) is 8.09. The van der Waals surface area contributed by atoms with E-state index < -0.39 is 0 Å². The van der Waals surface area contributed by atoms with Crippen LogP contribution in [0.1, 0.15) is 17.7 Å². The summed E-state index contributed by atoms with van der Waals surface area (Å²) in [4.78, 5) is 0. The van der Waals surface area contributed by atoms with Gasteiger partial charge in [-0.25, -0.2) is 0 Å². The van der Waals surface area contributed by atoms with Crippen LogP contribution in [0.25, 0.3) is 83.5 Å². The predicted molar refractivity (Wildman–Crippen MR) is 211 cm³/mol. The van der Waals surface area contributed by atoms with Gasteiger partial charge in [0.05, 0.1) is 16.6 Å². The number of aryl methyl sites for hydroxylation is 1. The predicted octanol–water partition coefficient (Wildman–Crippen LogP) is 12.7. The smallest absolute Gasteiger partial charge is 0.0548 e. The monoisotopic (exact) mass is 638 g/mol. The second kappa shape index (κ2) is 11.6. The minimum Gasteiger partial charge on any atom is -0.310 e. The highest BCUT2D eigenvalue weighted by Gasteiger charge is 2.24. The maximum atomic E-state index is 2.49. The molecule has 0 saturated heterocycles. The second-order valence-corrected chi connectivity index (χ2v) is 13.3. The first kappa shape index (κ1) is 28.6. The first-order valence-corrected chi connectivity index (χ1v) is 17.5. The van der Waals surface area contributed by atoms with Gasteiger partial charge in [0.2, 0.25) is 0 Å². The van der Waals surface area contributed by atoms with Gasteiger partial charge in [-0.1, -0.05) is 127 Å². The van der Waals surface area contributed by atoms with Crippen molar-refractivity contribution in [3.63, 3.8) is 0 Å². The average molecular weight is 639 g/mol. The SMILES string of the molecule is C1=Cc2c(c3c4c5cc(-c6ccccc6)ccc5n(-c5ccccc5)c4ccc3n2-c2cccc(-c3ccc(-c4ccccc4)cc3)c2)CC1. The zero-order chi connectivity index (χ0) is 33.0. The van der Waals surface area contributed by atoms with Crippen molar-refractivity contribution in [3.8, 4) is 44.8 Å². The van der Waals surface area contributed by atoms with Gasteiger partial charge in [-0.05, 0) is 106 Å². The largest absolute Gasteiger partial charge is 0.310 e. The summed E-state index contributed by atoms with van der Waals surface area (Å²) in [6, 6.07) is 61.8. The normalized spacial score (nSPS) is 12.6. The molecule has 0 unspecified atom stereocenters. The molecule has 236 valence electrons. The molecule has 0 radical (unpaired) electrons. The van der Waals surface area contributed by atoms with E-state index in [1.807, 2.05) is 0 Å². The van der Waals surface area contributed by atoms with Crippen LogP contribution in [0.5, 0.6) is 0 Å². The number of rotatable bonds is 5. The highest BCUT2D eigenvalue weighted by atomic mass is 15.0. The summed E-state index contributed by atoms with van der Waals surface area (Å²) >= 11 is 0. The molecule has 0 fully saturated rings. The Morgan fingerprint density at radius 2 is 0.900 bits per heavy atom. The molecule has 50 heavy (non-hydrogen) atoms. The molecule has 2 heterocycles. The molecule has 9 aromatic rings. The number of allylic oxidation sites excluding steroid dienone is 1. The highest BCUT2D eigenvalue weighted by Crippen LogP contribution is 2.44. The van der Waals surface area contributed by atoms with Crippen molar-refractivity contribution in [1.29, 1.82) is 0 Å². The van der Waals surface area contributed by atoms with E-state index in [0.717, 1.165) is 12.8 Å². The molecule has 0 aliphatic heterocycles. The lowest BCUT2D eigenvalue weighted by Gasteiger charge is -2.13. The molecule has 2 aromatic heterocycles. The van der Waals surface area contributed by atoms with Crippen molar-refractivity contribution in [2.75, 3.05) is 0 Å². The van der Waals surface area contributed by atoms with Crippen molar-refractivity contribution in [2.45, 2.75) is 12.8 Å². The van der Waals surface area contributed by atoms with Crippen LogP contribution in [0.2, 0.25) is 0 Å². The van der Waals surface area contributed by atoms with Gasteiger partial charge in [0.15, 0.2) is 0 Å². The standard InChI is InChI=1S/C48H34N2/c1-4-13-33(14-5-1)35-23-25-36(26-24-35)37-17-12-20-40(31-37)50-43-22-11-10-21-41(43)47-45(50)29-30-46-48(47)42-32-38(34-15-6-2-7-16-34)27-28-44(42)49(46)39-18-8-3-9-19-39/h1-9,11-20,22-32H,10,21H2.